The SMILES string of the molecule is CCNC(=NCCN(CC)CC)NC1CCCC(S(=O)CC)C1. The molecule has 1 fully saturated rings. The zero-order chi connectivity index (χ0) is 17.1. The fraction of sp³-hybridized carbons (Fsp3) is 0.941. The molecule has 3 atom stereocenters. The molecular weight excluding hydrogens is 308 g/mol. The standard InChI is InChI=1S/C17H36N4OS/c1-5-18-17(19-12-13-21(6-2)7-3)20-15-10-9-11-16(14-15)23(22)8-4/h15-16H,5-14H2,1-4H3,(H2,18,19,20). The molecule has 136 valence electrons. The van der Waals surface area contributed by atoms with Gasteiger partial charge in [0, 0.05) is 40.9 Å². The summed E-state index contributed by atoms with van der Waals surface area (Å²) in [4.78, 5) is 7.09. The van der Waals surface area contributed by atoms with Crippen LogP contribution in [0.3, 0.4) is 0 Å². The van der Waals surface area contributed by atoms with Crippen molar-refractivity contribution in [3.63, 3.8) is 0 Å². The van der Waals surface area contributed by atoms with Crippen molar-refractivity contribution in [2.24, 2.45) is 4.99 Å². The van der Waals surface area contributed by atoms with Gasteiger partial charge in [0.15, 0.2) is 5.96 Å². The molecule has 0 amide bonds. The number of aliphatic imine (C=N–C) groups is 1. The lowest BCUT2D eigenvalue weighted by Gasteiger charge is -2.30. The second-order valence-electron chi connectivity index (χ2n) is 6.09. The first-order chi connectivity index (χ1) is 11.1. The minimum atomic E-state index is -0.674. The molecule has 0 heterocycles. The van der Waals surface area contributed by atoms with E-state index in [9.17, 15) is 4.21 Å². The number of hydrogen-bond acceptors (Lipinski definition) is 3. The van der Waals surface area contributed by atoms with E-state index in [0.717, 1.165) is 70.1 Å². The molecule has 1 rings (SSSR count). The molecule has 0 saturated heterocycles. The van der Waals surface area contributed by atoms with Crippen LogP contribution in [0.5, 0.6) is 0 Å². The third kappa shape index (κ3) is 7.66. The fourth-order valence-corrected chi connectivity index (χ4v) is 4.45. The first-order valence-electron chi connectivity index (χ1n) is 9.28. The summed E-state index contributed by atoms with van der Waals surface area (Å²) in [7, 11) is -0.674. The van der Waals surface area contributed by atoms with Crippen LogP contribution < -0.4 is 10.6 Å². The van der Waals surface area contributed by atoms with Crippen molar-refractivity contribution in [2.45, 2.75) is 64.7 Å². The monoisotopic (exact) mass is 344 g/mol. The van der Waals surface area contributed by atoms with Gasteiger partial charge in [-0.1, -0.05) is 27.2 Å². The van der Waals surface area contributed by atoms with Crippen molar-refractivity contribution < 1.29 is 4.21 Å². The van der Waals surface area contributed by atoms with E-state index in [1.807, 2.05) is 6.92 Å². The second-order valence-corrected chi connectivity index (χ2v) is 8.09. The van der Waals surface area contributed by atoms with Crippen molar-refractivity contribution in [1.82, 2.24) is 15.5 Å². The minimum Gasteiger partial charge on any atom is -0.357 e. The zero-order valence-electron chi connectivity index (χ0n) is 15.4. The Balaban J connectivity index is 2.52. The van der Waals surface area contributed by atoms with Crippen LogP contribution in [0.15, 0.2) is 4.99 Å². The third-order valence-electron chi connectivity index (χ3n) is 4.55. The molecule has 1 aliphatic rings. The van der Waals surface area contributed by atoms with Gasteiger partial charge in [-0.05, 0) is 39.3 Å². The van der Waals surface area contributed by atoms with Crippen molar-refractivity contribution in [3.8, 4) is 0 Å². The third-order valence-corrected chi connectivity index (χ3v) is 6.29. The van der Waals surface area contributed by atoms with E-state index >= 15 is 0 Å². The van der Waals surface area contributed by atoms with Crippen LogP contribution in [-0.4, -0.2) is 64.8 Å². The first-order valence-corrected chi connectivity index (χ1v) is 10.7. The molecule has 0 radical (unpaired) electrons. The lowest BCUT2D eigenvalue weighted by molar-refractivity contribution is 0.312. The van der Waals surface area contributed by atoms with Gasteiger partial charge in [-0.15, -0.1) is 0 Å². The number of likely N-dealkylation sites (N-methyl/N-ethyl adjacent to an activating group) is 1. The van der Waals surface area contributed by atoms with E-state index in [-0.39, 0.29) is 0 Å². The van der Waals surface area contributed by atoms with Gasteiger partial charge in [0.2, 0.25) is 0 Å². The normalized spacial score (nSPS) is 23.8. The summed E-state index contributed by atoms with van der Waals surface area (Å²) in [6, 6.07) is 0.399. The summed E-state index contributed by atoms with van der Waals surface area (Å²) in [5.74, 6) is 1.68. The zero-order valence-corrected chi connectivity index (χ0v) is 16.3. The molecule has 0 aliphatic heterocycles. The van der Waals surface area contributed by atoms with Crippen molar-refractivity contribution in [2.75, 3.05) is 38.5 Å². The van der Waals surface area contributed by atoms with Gasteiger partial charge in [-0.25, -0.2) is 0 Å². The van der Waals surface area contributed by atoms with Gasteiger partial charge in [0.25, 0.3) is 0 Å². The molecule has 0 aromatic carbocycles. The molecule has 3 unspecified atom stereocenters. The molecular formula is C17H36N4OS. The van der Waals surface area contributed by atoms with E-state index in [1.165, 1.54) is 0 Å². The molecule has 0 spiro atoms. The number of hydrogen-bond donors (Lipinski definition) is 2. The number of rotatable bonds is 9. The summed E-state index contributed by atoms with van der Waals surface area (Å²) in [5.41, 5.74) is 0. The minimum absolute atomic E-state index is 0.352. The molecule has 0 bridgehead atoms. The Labute approximate surface area is 145 Å². The maximum Gasteiger partial charge on any atom is 0.191 e. The molecule has 6 heteroatoms. The summed E-state index contributed by atoms with van der Waals surface area (Å²) in [6.45, 7) is 13.3. The van der Waals surface area contributed by atoms with Crippen LogP contribution in [0, 0.1) is 0 Å². The van der Waals surface area contributed by atoms with E-state index in [4.69, 9.17) is 4.99 Å². The highest BCUT2D eigenvalue weighted by atomic mass is 32.2. The van der Waals surface area contributed by atoms with Crippen LogP contribution in [0.2, 0.25) is 0 Å². The van der Waals surface area contributed by atoms with Crippen LogP contribution >= 0.6 is 0 Å². The van der Waals surface area contributed by atoms with Crippen LogP contribution in [0.1, 0.15) is 53.4 Å². The molecule has 0 aromatic heterocycles. The van der Waals surface area contributed by atoms with Crippen molar-refractivity contribution in [1.29, 1.82) is 0 Å². The van der Waals surface area contributed by atoms with Crippen molar-refractivity contribution >= 4 is 16.8 Å². The highest BCUT2D eigenvalue weighted by Crippen LogP contribution is 2.22. The maximum absolute atomic E-state index is 12.1. The van der Waals surface area contributed by atoms with Crippen LogP contribution in [0.4, 0.5) is 0 Å². The van der Waals surface area contributed by atoms with E-state index in [1.54, 1.807) is 0 Å². The summed E-state index contributed by atoms with van der Waals surface area (Å²) < 4.78 is 12.1. The topological polar surface area (TPSA) is 56.7 Å². The lowest BCUT2D eigenvalue weighted by atomic mass is 9.95. The van der Waals surface area contributed by atoms with Gasteiger partial charge in [-0.2, -0.15) is 0 Å². The smallest absolute Gasteiger partial charge is 0.191 e. The van der Waals surface area contributed by atoms with Gasteiger partial charge < -0.3 is 15.5 Å². The van der Waals surface area contributed by atoms with Gasteiger partial charge >= 0.3 is 0 Å². The largest absolute Gasteiger partial charge is 0.357 e. The van der Waals surface area contributed by atoms with E-state index < -0.39 is 10.8 Å². The molecule has 1 saturated carbocycles. The summed E-state index contributed by atoms with van der Waals surface area (Å²) in [6.07, 6.45) is 4.42. The summed E-state index contributed by atoms with van der Waals surface area (Å²) >= 11 is 0. The lowest BCUT2D eigenvalue weighted by Crippen LogP contribution is -2.47. The quantitative estimate of drug-likeness (QED) is 0.496. The molecule has 1 aliphatic carbocycles. The molecule has 23 heavy (non-hydrogen) atoms. The predicted molar refractivity (Wildman–Crippen MR) is 102 cm³/mol. The Morgan fingerprint density at radius 1 is 1.22 bits per heavy atom. The van der Waals surface area contributed by atoms with E-state index in [2.05, 4.69) is 36.3 Å². The average molecular weight is 345 g/mol. The Hall–Kier alpha value is -0.620. The molecule has 5 nitrogen and oxygen atoms in total. The highest BCUT2D eigenvalue weighted by molar-refractivity contribution is 7.85. The molecule has 0 aromatic rings. The number of guanidine groups is 1. The molecule has 2 N–H and O–H groups in total. The van der Waals surface area contributed by atoms with Gasteiger partial charge in [0.05, 0.1) is 6.54 Å². The van der Waals surface area contributed by atoms with Gasteiger partial charge in [0.1, 0.15) is 0 Å². The maximum atomic E-state index is 12.1. The van der Waals surface area contributed by atoms with Crippen molar-refractivity contribution in [3.05, 3.63) is 0 Å². The van der Waals surface area contributed by atoms with Gasteiger partial charge in [-0.3, -0.25) is 9.20 Å². The van der Waals surface area contributed by atoms with E-state index in [0.29, 0.717) is 11.3 Å². The van der Waals surface area contributed by atoms with Crippen LogP contribution in [0.25, 0.3) is 0 Å². The summed E-state index contributed by atoms with van der Waals surface area (Å²) in [5, 5.41) is 7.26. The Bertz CT molecular complexity index is 372. The second kappa shape index (κ2) is 11.8. The Kier molecular flexibility index (Phi) is 10.5. The first kappa shape index (κ1) is 20.4. The average Bonchev–Trinajstić information content (AvgIpc) is 2.58. The fourth-order valence-electron chi connectivity index (χ4n) is 3.11. The Morgan fingerprint density at radius 3 is 2.57 bits per heavy atom. The Morgan fingerprint density at radius 2 is 1.96 bits per heavy atom. The van der Waals surface area contributed by atoms with Crippen LogP contribution in [-0.2, 0) is 10.8 Å². The number of nitrogens with zero attached hydrogens (tertiary/aromatic N) is 2. The highest BCUT2D eigenvalue weighted by Gasteiger charge is 2.25. The predicted octanol–water partition coefficient (Wildman–Crippen LogP) is 1.96. The number of nitrogens with one attached hydrogen (secondary N) is 2.